The van der Waals surface area contributed by atoms with Crippen LogP contribution in [0.2, 0.25) is 0 Å². The highest BCUT2D eigenvalue weighted by atomic mass is 19.4. The summed E-state index contributed by atoms with van der Waals surface area (Å²) >= 11 is 0. The van der Waals surface area contributed by atoms with Gasteiger partial charge in [0.25, 0.3) is 0 Å². The maximum atomic E-state index is 12.8. The number of anilines is 4. The summed E-state index contributed by atoms with van der Waals surface area (Å²) in [6.45, 7) is 8.11. The monoisotopic (exact) mass is 412 g/mol. The normalized spacial score (nSPS) is 16.0. The van der Waals surface area contributed by atoms with Crippen LogP contribution in [0.5, 0.6) is 5.75 Å². The molecule has 4 rings (SSSR count). The predicted octanol–water partition coefficient (Wildman–Crippen LogP) is 7.15. The second-order valence-electron chi connectivity index (χ2n) is 7.70. The van der Waals surface area contributed by atoms with E-state index in [-0.39, 0.29) is 11.9 Å². The zero-order valence-electron chi connectivity index (χ0n) is 17.3. The highest BCUT2D eigenvalue weighted by Crippen LogP contribution is 2.50. The lowest BCUT2D eigenvalue weighted by Crippen LogP contribution is -2.35. The van der Waals surface area contributed by atoms with Crippen molar-refractivity contribution in [2.75, 3.05) is 9.80 Å². The van der Waals surface area contributed by atoms with Gasteiger partial charge in [0.1, 0.15) is 11.9 Å². The Kier molecular flexibility index (Phi) is 4.88. The second kappa shape index (κ2) is 7.27. The second-order valence-corrected chi connectivity index (χ2v) is 7.70. The molecule has 30 heavy (non-hydrogen) atoms. The molecule has 1 heterocycles. The molecule has 1 unspecified atom stereocenters. The van der Waals surface area contributed by atoms with Crippen molar-refractivity contribution in [3.05, 3.63) is 77.4 Å². The highest BCUT2D eigenvalue weighted by Gasteiger charge is 2.37. The van der Waals surface area contributed by atoms with Gasteiger partial charge in [0, 0.05) is 17.4 Å². The molecule has 0 bridgehead atoms. The maximum absolute atomic E-state index is 12.8. The average Bonchev–Trinajstić information content (AvgIpc) is 2.91. The lowest BCUT2D eigenvalue weighted by molar-refractivity contribution is -0.274. The molecule has 6 heteroatoms. The molecule has 3 aromatic carbocycles. The number of rotatable bonds is 3. The Morgan fingerprint density at radius 2 is 1.43 bits per heavy atom. The molecule has 0 saturated carbocycles. The van der Waals surface area contributed by atoms with Crippen LogP contribution in [-0.4, -0.2) is 12.5 Å². The number of aryl methyl sites for hydroxylation is 3. The number of fused-ring (bicyclic) bond motifs is 1. The van der Waals surface area contributed by atoms with E-state index in [1.807, 2.05) is 64.1 Å². The van der Waals surface area contributed by atoms with Crippen LogP contribution in [0.4, 0.5) is 35.9 Å². The third kappa shape index (κ3) is 3.70. The van der Waals surface area contributed by atoms with Crippen molar-refractivity contribution in [2.24, 2.45) is 0 Å². The largest absolute Gasteiger partial charge is 0.573 e. The zero-order chi connectivity index (χ0) is 21.6. The van der Waals surface area contributed by atoms with E-state index in [4.69, 9.17) is 0 Å². The SMILES string of the molecule is Cc1cc(C)cc(N2c3cc(OC(F)(F)F)ccc3N(c3ccccc3C)C2C)c1. The van der Waals surface area contributed by atoms with Crippen molar-refractivity contribution >= 4 is 22.7 Å². The molecule has 156 valence electrons. The van der Waals surface area contributed by atoms with Crippen LogP contribution in [0.25, 0.3) is 0 Å². The maximum Gasteiger partial charge on any atom is 0.573 e. The molecule has 0 saturated heterocycles. The van der Waals surface area contributed by atoms with Crippen molar-refractivity contribution in [1.29, 1.82) is 0 Å². The van der Waals surface area contributed by atoms with Gasteiger partial charge in [-0.3, -0.25) is 0 Å². The molecule has 0 fully saturated rings. The summed E-state index contributed by atoms with van der Waals surface area (Å²) in [5.41, 5.74) is 6.74. The Balaban J connectivity index is 1.90. The third-order valence-electron chi connectivity index (χ3n) is 5.31. The lowest BCUT2D eigenvalue weighted by atomic mass is 10.1. The van der Waals surface area contributed by atoms with E-state index in [9.17, 15) is 13.2 Å². The van der Waals surface area contributed by atoms with E-state index < -0.39 is 6.36 Å². The number of ether oxygens (including phenoxy) is 1. The van der Waals surface area contributed by atoms with Gasteiger partial charge >= 0.3 is 6.36 Å². The minimum atomic E-state index is -4.74. The summed E-state index contributed by atoms with van der Waals surface area (Å²) in [5, 5.41) is 0. The minimum absolute atomic E-state index is 0.136. The lowest BCUT2D eigenvalue weighted by Gasteiger charge is -2.31. The van der Waals surface area contributed by atoms with Crippen LogP contribution in [0.15, 0.2) is 60.7 Å². The summed E-state index contributed by atoms with van der Waals surface area (Å²) in [6.07, 6.45) is -4.87. The Morgan fingerprint density at radius 3 is 2.07 bits per heavy atom. The Morgan fingerprint density at radius 1 is 0.767 bits per heavy atom. The molecule has 0 radical (unpaired) electrons. The molecule has 1 atom stereocenters. The van der Waals surface area contributed by atoms with Crippen molar-refractivity contribution < 1.29 is 17.9 Å². The van der Waals surface area contributed by atoms with Gasteiger partial charge in [-0.2, -0.15) is 0 Å². The first-order valence-electron chi connectivity index (χ1n) is 9.76. The fourth-order valence-electron chi connectivity index (χ4n) is 4.22. The summed E-state index contributed by atoms with van der Waals surface area (Å²) in [6, 6.07) is 18.7. The van der Waals surface area contributed by atoms with Gasteiger partial charge in [0.05, 0.1) is 11.4 Å². The van der Waals surface area contributed by atoms with E-state index in [0.717, 1.165) is 33.8 Å². The smallest absolute Gasteiger partial charge is 0.406 e. The zero-order valence-corrected chi connectivity index (χ0v) is 17.3. The predicted molar refractivity (Wildman–Crippen MR) is 114 cm³/mol. The van der Waals surface area contributed by atoms with Crippen molar-refractivity contribution in [2.45, 2.75) is 40.2 Å². The van der Waals surface area contributed by atoms with Crippen LogP contribution in [-0.2, 0) is 0 Å². The molecule has 1 aliphatic rings. The Hall–Kier alpha value is -3.15. The van der Waals surface area contributed by atoms with Crippen LogP contribution in [0.3, 0.4) is 0 Å². The van der Waals surface area contributed by atoms with Gasteiger partial charge in [-0.15, -0.1) is 13.2 Å². The number of halogens is 3. The summed E-state index contributed by atoms with van der Waals surface area (Å²) < 4.78 is 42.7. The van der Waals surface area contributed by atoms with Crippen molar-refractivity contribution in [1.82, 2.24) is 0 Å². The first-order chi connectivity index (χ1) is 14.1. The van der Waals surface area contributed by atoms with Crippen LogP contribution < -0.4 is 14.5 Å². The van der Waals surface area contributed by atoms with E-state index in [0.29, 0.717) is 5.69 Å². The van der Waals surface area contributed by atoms with Crippen LogP contribution in [0, 0.1) is 20.8 Å². The van der Waals surface area contributed by atoms with Crippen molar-refractivity contribution in [3.8, 4) is 5.75 Å². The first-order valence-corrected chi connectivity index (χ1v) is 9.76. The number of para-hydroxylation sites is 1. The van der Waals surface area contributed by atoms with E-state index in [2.05, 4.69) is 20.6 Å². The molecule has 3 nitrogen and oxygen atoms in total. The van der Waals surface area contributed by atoms with E-state index in [1.54, 1.807) is 6.07 Å². The van der Waals surface area contributed by atoms with Gasteiger partial charge in [-0.05, 0) is 74.7 Å². The highest BCUT2D eigenvalue weighted by molar-refractivity contribution is 5.89. The van der Waals surface area contributed by atoms with E-state index >= 15 is 0 Å². The fraction of sp³-hybridized carbons (Fsp3) is 0.250. The van der Waals surface area contributed by atoms with Gasteiger partial charge in [0.15, 0.2) is 0 Å². The number of benzene rings is 3. The molecule has 3 aromatic rings. The van der Waals surface area contributed by atoms with Gasteiger partial charge < -0.3 is 14.5 Å². The summed E-state index contributed by atoms with van der Waals surface area (Å²) in [5.74, 6) is -0.227. The molecule has 0 N–H and O–H groups in total. The third-order valence-corrected chi connectivity index (χ3v) is 5.31. The van der Waals surface area contributed by atoms with Gasteiger partial charge in [0.2, 0.25) is 0 Å². The Bertz CT molecular complexity index is 1070. The molecule has 0 amide bonds. The molecule has 0 aromatic heterocycles. The van der Waals surface area contributed by atoms with E-state index in [1.165, 1.54) is 12.1 Å². The minimum Gasteiger partial charge on any atom is -0.406 e. The number of hydrogen-bond donors (Lipinski definition) is 0. The molecular formula is C24H23F3N2O. The molecular weight excluding hydrogens is 389 g/mol. The topological polar surface area (TPSA) is 15.7 Å². The molecule has 1 aliphatic heterocycles. The van der Waals surface area contributed by atoms with Crippen LogP contribution in [0.1, 0.15) is 23.6 Å². The molecule has 0 spiro atoms. The fourth-order valence-corrected chi connectivity index (χ4v) is 4.22. The number of nitrogens with zero attached hydrogens (tertiary/aromatic N) is 2. The van der Waals surface area contributed by atoms with Gasteiger partial charge in [-0.25, -0.2) is 0 Å². The summed E-state index contributed by atoms with van der Waals surface area (Å²) in [7, 11) is 0. The number of alkyl halides is 3. The first kappa shape index (κ1) is 20.1. The standard InChI is InChI=1S/C24H23F3N2O/c1-15-11-16(2)13-19(12-15)28-18(4)29(21-8-6-5-7-17(21)3)22-10-9-20(14-23(22)28)30-24(25,26)27/h5-14,18H,1-4H3. The van der Waals surface area contributed by atoms with Gasteiger partial charge in [-0.1, -0.05) is 24.3 Å². The molecule has 0 aliphatic carbocycles. The van der Waals surface area contributed by atoms with Crippen LogP contribution >= 0.6 is 0 Å². The Labute approximate surface area is 174 Å². The number of hydrogen-bond acceptors (Lipinski definition) is 3. The quantitative estimate of drug-likeness (QED) is 0.454. The average molecular weight is 412 g/mol. The van der Waals surface area contributed by atoms with Crippen molar-refractivity contribution in [3.63, 3.8) is 0 Å². The summed E-state index contributed by atoms with van der Waals surface area (Å²) in [4.78, 5) is 4.21.